The maximum Gasteiger partial charge on any atom is 0.198 e. The molecule has 0 saturated carbocycles. The van der Waals surface area contributed by atoms with E-state index in [9.17, 15) is 19.8 Å². The molecule has 0 heterocycles. The van der Waals surface area contributed by atoms with E-state index in [0.29, 0.717) is 20.4 Å². The molecule has 0 aliphatic heterocycles. The van der Waals surface area contributed by atoms with Crippen LogP contribution in [-0.4, -0.2) is 28.9 Å². The van der Waals surface area contributed by atoms with Gasteiger partial charge in [-0.25, -0.2) is 0 Å². The van der Waals surface area contributed by atoms with Gasteiger partial charge in [-0.3, -0.25) is 9.59 Å². The highest BCUT2D eigenvalue weighted by Gasteiger charge is 2.35. The predicted octanol–water partition coefficient (Wildman–Crippen LogP) is 4.15. The number of halogens is 1. The van der Waals surface area contributed by atoms with Gasteiger partial charge in [0.2, 0.25) is 0 Å². The number of ether oxygens (including phenoxy) is 1. The van der Waals surface area contributed by atoms with Gasteiger partial charge in [0.25, 0.3) is 0 Å². The number of carbonyl (C=O) groups excluding carboxylic acids is 2. The van der Waals surface area contributed by atoms with Crippen LogP contribution >= 0.6 is 22.6 Å². The van der Waals surface area contributed by atoms with Crippen LogP contribution in [0.4, 0.5) is 0 Å². The molecule has 27 heavy (non-hydrogen) atoms. The molecule has 5 nitrogen and oxygen atoms in total. The SMILES string of the molecule is COc1ccc(-c2ccc3c(c2O)C(=O)c2cc(I)cc(O)c2C3=O)cc1. The summed E-state index contributed by atoms with van der Waals surface area (Å²) in [6, 6.07) is 13.1. The largest absolute Gasteiger partial charge is 0.507 e. The molecule has 0 spiro atoms. The van der Waals surface area contributed by atoms with Crippen molar-refractivity contribution >= 4 is 34.2 Å². The van der Waals surface area contributed by atoms with E-state index in [1.54, 1.807) is 37.4 Å². The number of phenols is 2. The van der Waals surface area contributed by atoms with E-state index < -0.39 is 11.6 Å². The molecule has 3 aromatic carbocycles. The van der Waals surface area contributed by atoms with Crippen molar-refractivity contribution in [3.8, 4) is 28.4 Å². The minimum Gasteiger partial charge on any atom is -0.507 e. The van der Waals surface area contributed by atoms with Crippen molar-refractivity contribution in [1.82, 2.24) is 0 Å². The molecule has 0 bridgehead atoms. The van der Waals surface area contributed by atoms with Crippen LogP contribution < -0.4 is 4.74 Å². The number of hydrogen-bond donors (Lipinski definition) is 2. The second-order valence-corrected chi connectivity index (χ2v) is 7.36. The van der Waals surface area contributed by atoms with Crippen molar-refractivity contribution < 1.29 is 24.5 Å². The van der Waals surface area contributed by atoms with Gasteiger partial charge < -0.3 is 14.9 Å². The zero-order chi connectivity index (χ0) is 19.3. The summed E-state index contributed by atoms with van der Waals surface area (Å²) in [4.78, 5) is 25.8. The molecule has 1 aliphatic carbocycles. The molecule has 0 fully saturated rings. The van der Waals surface area contributed by atoms with Crippen molar-refractivity contribution in [3.05, 3.63) is 74.4 Å². The van der Waals surface area contributed by atoms with Crippen LogP contribution in [0.2, 0.25) is 0 Å². The summed E-state index contributed by atoms with van der Waals surface area (Å²) < 4.78 is 5.76. The molecule has 2 N–H and O–H groups in total. The second-order valence-electron chi connectivity index (χ2n) is 6.12. The van der Waals surface area contributed by atoms with Crippen LogP contribution in [0, 0.1) is 3.57 Å². The predicted molar refractivity (Wildman–Crippen MR) is 108 cm³/mol. The highest BCUT2D eigenvalue weighted by molar-refractivity contribution is 14.1. The summed E-state index contributed by atoms with van der Waals surface area (Å²) in [6.45, 7) is 0. The van der Waals surface area contributed by atoms with Crippen molar-refractivity contribution in [1.29, 1.82) is 0 Å². The zero-order valence-electron chi connectivity index (χ0n) is 14.1. The number of aromatic hydroxyl groups is 2. The third-order valence-electron chi connectivity index (χ3n) is 4.60. The third-order valence-corrected chi connectivity index (χ3v) is 5.23. The fourth-order valence-corrected chi connectivity index (χ4v) is 3.90. The van der Waals surface area contributed by atoms with Crippen LogP contribution in [0.15, 0.2) is 48.5 Å². The Labute approximate surface area is 168 Å². The monoisotopic (exact) mass is 472 g/mol. The van der Waals surface area contributed by atoms with E-state index in [1.807, 2.05) is 22.6 Å². The van der Waals surface area contributed by atoms with Crippen molar-refractivity contribution in [3.63, 3.8) is 0 Å². The summed E-state index contributed by atoms with van der Waals surface area (Å²) in [5, 5.41) is 20.9. The van der Waals surface area contributed by atoms with Crippen molar-refractivity contribution in [2.24, 2.45) is 0 Å². The van der Waals surface area contributed by atoms with E-state index in [1.165, 1.54) is 18.2 Å². The highest BCUT2D eigenvalue weighted by atomic mass is 127. The maximum atomic E-state index is 13.0. The second kappa shape index (κ2) is 6.38. The van der Waals surface area contributed by atoms with Gasteiger partial charge in [0.15, 0.2) is 11.6 Å². The number of ketones is 2. The van der Waals surface area contributed by atoms with Crippen LogP contribution in [0.25, 0.3) is 11.1 Å². The minimum atomic E-state index is -0.485. The average Bonchev–Trinajstić information content (AvgIpc) is 2.65. The minimum absolute atomic E-state index is 0.0236. The Hall–Kier alpha value is -2.87. The maximum absolute atomic E-state index is 13.0. The molecule has 1 aliphatic rings. The van der Waals surface area contributed by atoms with E-state index in [-0.39, 0.29) is 33.8 Å². The van der Waals surface area contributed by atoms with Crippen LogP contribution in [0.5, 0.6) is 17.2 Å². The highest BCUT2D eigenvalue weighted by Crippen LogP contribution is 2.41. The summed E-state index contributed by atoms with van der Waals surface area (Å²) in [7, 11) is 1.56. The normalized spacial score (nSPS) is 12.5. The number of fused-ring (bicyclic) bond motifs is 2. The summed E-state index contributed by atoms with van der Waals surface area (Å²) in [5.74, 6) is -0.785. The van der Waals surface area contributed by atoms with E-state index >= 15 is 0 Å². The lowest BCUT2D eigenvalue weighted by Crippen LogP contribution is -2.21. The molecule has 4 rings (SSSR count). The van der Waals surface area contributed by atoms with Crippen molar-refractivity contribution in [2.45, 2.75) is 0 Å². The van der Waals surface area contributed by atoms with Gasteiger partial charge in [0.05, 0.1) is 18.2 Å². The molecule has 0 atom stereocenters. The zero-order valence-corrected chi connectivity index (χ0v) is 16.3. The molecule has 0 saturated heterocycles. The Balaban J connectivity index is 1.92. The van der Waals surface area contributed by atoms with E-state index in [4.69, 9.17) is 4.74 Å². The summed E-state index contributed by atoms with van der Waals surface area (Å²) in [6.07, 6.45) is 0. The van der Waals surface area contributed by atoms with E-state index in [2.05, 4.69) is 0 Å². The van der Waals surface area contributed by atoms with Crippen LogP contribution in [-0.2, 0) is 0 Å². The molecule has 0 amide bonds. The molecular formula is C21H13IO5. The van der Waals surface area contributed by atoms with Gasteiger partial charge in [0.1, 0.15) is 17.2 Å². The number of hydrogen-bond acceptors (Lipinski definition) is 5. The fourth-order valence-electron chi connectivity index (χ4n) is 3.29. The van der Waals surface area contributed by atoms with Gasteiger partial charge in [-0.05, 0) is 64.6 Å². The lowest BCUT2D eigenvalue weighted by molar-refractivity contribution is 0.0974. The van der Waals surface area contributed by atoms with Gasteiger partial charge in [-0.2, -0.15) is 0 Å². The third kappa shape index (κ3) is 2.68. The van der Waals surface area contributed by atoms with Gasteiger partial charge in [0, 0.05) is 20.3 Å². The first-order valence-electron chi connectivity index (χ1n) is 8.04. The Bertz CT molecular complexity index is 1120. The lowest BCUT2D eigenvalue weighted by Gasteiger charge is -2.21. The number of methoxy groups -OCH3 is 1. The van der Waals surface area contributed by atoms with Gasteiger partial charge >= 0.3 is 0 Å². The standard InChI is InChI=1S/C21H13IO5/c1-27-12-4-2-10(3-5-12)13-6-7-14-18(19(13)24)21(26)15-8-11(22)9-16(23)17(15)20(14)25/h2-9,23-24H,1H3. The molecule has 134 valence electrons. The molecule has 6 heteroatoms. The first-order valence-corrected chi connectivity index (χ1v) is 9.12. The lowest BCUT2D eigenvalue weighted by atomic mass is 9.81. The van der Waals surface area contributed by atoms with Gasteiger partial charge in [-0.15, -0.1) is 0 Å². The van der Waals surface area contributed by atoms with Crippen LogP contribution in [0.3, 0.4) is 0 Å². The summed E-state index contributed by atoms with van der Waals surface area (Å²) in [5.41, 5.74) is 1.24. The molecule has 0 aromatic heterocycles. The molecule has 0 unspecified atom stereocenters. The topological polar surface area (TPSA) is 83.8 Å². The van der Waals surface area contributed by atoms with E-state index in [0.717, 1.165) is 0 Å². The molecule has 0 radical (unpaired) electrons. The Morgan fingerprint density at radius 1 is 0.815 bits per heavy atom. The number of benzene rings is 3. The Kier molecular flexibility index (Phi) is 4.15. The number of phenolic OH excluding ortho intramolecular Hbond substituents is 2. The Morgan fingerprint density at radius 2 is 1.44 bits per heavy atom. The molecule has 3 aromatic rings. The van der Waals surface area contributed by atoms with Crippen LogP contribution in [0.1, 0.15) is 31.8 Å². The number of carbonyl (C=O) groups is 2. The average molecular weight is 472 g/mol. The summed E-state index contributed by atoms with van der Waals surface area (Å²) >= 11 is 1.96. The molecular weight excluding hydrogens is 459 g/mol. The first kappa shape index (κ1) is 17.5. The Morgan fingerprint density at radius 3 is 2.11 bits per heavy atom. The smallest absolute Gasteiger partial charge is 0.198 e. The van der Waals surface area contributed by atoms with Crippen molar-refractivity contribution in [2.75, 3.05) is 7.11 Å². The quantitative estimate of drug-likeness (QED) is 0.429. The number of rotatable bonds is 2. The fraction of sp³-hybridized carbons (Fsp3) is 0.0476. The first-order chi connectivity index (χ1) is 12.9. The van der Waals surface area contributed by atoms with Gasteiger partial charge in [-0.1, -0.05) is 12.1 Å².